The van der Waals surface area contributed by atoms with Crippen molar-refractivity contribution in [2.24, 2.45) is 0 Å². The molecule has 16 heavy (non-hydrogen) atoms. The molecule has 1 aliphatic heterocycles. The Labute approximate surface area is 98.7 Å². The fraction of sp³-hybridized carbons (Fsp3) is 0.571. The molecule has 2 heteroatoms. The zero-order valence-electron chi connectivity index (χ0n) is 10.6. The predicted molar refractivity (Wildman–Crippen MR) is 68.9 cm³/mol. The Bertz CT molecular complexity index is 356. The molecule has 2 nitrogen and oxygen atoms in total. The van der Waals surface area contributed by atoms with Crippen LogP contribution in [0.25, 0.3) is 0 Å². The van der Waals surface area contributed by atoms with Gasteiger partial charge < -0.3 is 10.2 Å². The van der Waals surface area contributed by atoms with Gasteiger partial charge in [-0.2, -0.15) is 0 Å². The molecule has 88 valence electrons. The van der Waals surface area contributed by atoms with Crippen molar-refractivity contribution in [1.82, 2.24) is 10.2 Å². The lowest BCUT2D eigenvalue weighted by Crippen LogP contribution is -2.56. The van der Waals surface area contributed by atoms with Crippen LogP contribution in [0.3, 0.4) is 0 Å². The molecule has 0 saturated carbocycles. The molecule has 1 aromatic rings. The zero-order chi connectivity index (χ0) is 11.5. The molecule has 0 bridgehead atoms. The summed E-state index contributed by atoms with van der Waals surface area (Å²) in [6, 6.07) is 7.57. The quantitative estimate of drug-likeness (QED) is 0.828. The highest BCUT2D eigenvalue weighted by Gasteiger charge is 2.20. The first kappa shape index (κ1) is 11.6. The Balaban J connectivity index is 1.86. The average molecular weight is 218 g/mol. The van der Waals surface area contributed by atoms with E-state index in [2.05, 4.69) is 49.3 Å². The van der Waals surface area contributed by atoms with Gasteiger partial charge in [-0.1, -0.05) is 18.2 Å². The van der Waals surface area contributed by atoms with E-state index in [1.807, 2.05) is 0 Å². The minimum Gasteiger partial charge on any atom is -0.314 e. The first-order valence-corrected chi connectivity index (χ1v) is 6.14. The van der Waals surface area contributed by atoms with Gasteiger partial charge in [0.05, 0.1) is 0 Å². The highest BCUT2D eigenvalue weighted by atomic mass is 15.2. The molecule has 1 fully saturated rings. The van der Waals surface area contributed by atoms with E-state index < -0.39 is 0 Å². The van der Waals surface area contributed by atoms with Crippen molar-refractivity contribution in [2.75, 3.05) is 26.7 Å². The molecule has 1 N–H and O–H groups in total. The number of hydrogen-bond acceptors (Lipinski definition) is 2. The average Bonchev–Trinajstić information content (AvgIpc) is 2.17. The van der Waals surface area contributed by atoms with Crippen molar-refractivity contribution >= 4 is 0 Å². The number of benzene rings is 1. The molecule has 0 spiro atoms. The number of hydrogen-bond donors (Lipinski definition) is 1. The van der Waals surface area contributed by atoms with Crippen molar-refractivity contribution in [3.05, 3.63) is 34.9 Å². The van der Waals surface area contributed by atoms with Gasteiger partial charge in [0.1, 0.15) is 0 Å². The highest BCUT2D eigenvalue weighted by molar-refractivity contribution is 5.30. The molecular formula is C14H22N2. The fourth-order valence-electron chi connectivity index (χ4n) is 2.03. The van der Waals surface area contributed by atoms with Crippen LogP contribution in [-0.4, -0.2) is 37.6 Å². The lowest BCUT2D eigenvalue weighted by atomic mass is 10.0. The van der Waals surface area contributed by atoms with Gasteiger partial charge in [0.25, 0.3) is 0 Å². The summed E-state index contributed by atoms with van der Waals surface area (Å²) in [5.74, 6) is 0. The molecule has 1 saturated heterocycles. The Morgan fingerprint density at radius 1 is 1.25 bits per heavy atom. The summed E-state index contributed by atoms with van der Waals surface area (Å²) in [6.45, 7) is 7.84. The van der Waals surface area contributed by atoms with Crippen LogP contribution in [-0.2, 0) is 6.42 Å². The smallest absolute Gasteiger partial charge is 0.0342 e. The first-order chi connectivity index (χ1) is 7.66. The van der Waals surface area contributed by atoms with Crippen molar-refractivity contribution in [3.63, 3.8) is 0 Å². The number of likely N-dealkylation sites (N-methyl/N-ethyl adjacent to an activating group) is 1. The van der Waals surface area contributed by atoms with Crippen molar-refractivity contribution in [1.29, 1.82) is 0 Å². The van der Waals surface area contributed by atoms with Gasteiger partial charge in [-0.3, -0.25) is 0 Å². The minimum atomic E-state index is 0.756. The third kappa shape index (κ3) is 2.63. The lowest BCUT2D eigenvalue weighted by molar-refractivity contribution is 0.182. The monoisotopic (exact) mass is 218 g/mol. The van der Waals surface area contributed by atoms with Crippen LogP contribution in [0, 0.1) is 13.8 Å². The topological polar surface area (TPSA) is 15.3 Å². The van der Waals surface area contributed by atoms with E-state index in [4.69, 9.17) is 0 Å². The molecule has 0 unspecified atom stereocenters. The summed E-state index contributed by atoms with van der Waals surface area (Å²) in [5.41, 5.74) is 4.26. The van der Waals surface area contributed by atoms with Crippen LogP contribution < -0.4 is 5.32 Å². The molecule has 2 rings (SSSR count). The van der Waals surface area contributed by atoms with Crippen molar-refractivity contribution in [3.8, 4) is 0 Å². The summed E-state index contributed by atoms with van der Waals surface area (Å²) in [5, 5.41) is 3.32. The summed E-state index contributed by atoms with van der Waals surface area (Å²) in [6.07, 6.45) is 1.16. The van der Waals surface area contributed by atoms with Crippen LogP contribution in [0.5, 0.6) is 0 Å². The maximum atomic E-state index is 3.32. The normalized spacial score (nSPS) is 16.5. The molecule has 0 amide bonds. The van der Waals surface area contributed by atoms with E-state index in [9.17, 15) is 0 Å². The summed E-state index contributed by atoms with van der Waals surface area (Å²) in [4.78, 5) is 2.46. The molecule has 0 aromatic heterocycles. The van der Waals surface area contributed by atoms with E-state index in [0.29, 0.717) is 0 Å². The molecule has 1 aliphatic rings. The summed E-state index contributed by atoms with van der Waals surface area (Å²) in [7, 11) is 2.23. The third-order valence-electron chi connectivity index (χ3n) is 3.71. The number of rotatable bonds is 4. The van der Waals surface area contributed by atoms with Gasteiger partial charge in [-0.25, -0.2) is 0 Å². The Morgan fingerprint density at radius 2 is 2.00 bits per heavy atom. The Kier molecular flexibility index (Phi) is 3.62. The second-order valence-corrected chi connectivity index (χ2v) is 4.96. The third-order valence-corrected chi connectivity index (χ3v) is 3.71. The maximum absolute atomic E-state index is 3.32. The zero-order valence-corrected chi connectivity index (χ0v) is 10.6. The molecule has 0 radical (unpaired) electrons. The van der Waals surface area contributed by atoms with E-state index in [1.54, 1.807) is 0 Å². The second-order valence-electron chi connectivity index (χ2n) is 4.96. The second kappa shape index (κ2) is 4.98. The highest BCUT2D eigenvalue weighted by Crippen LogP contribution is 2.11. The molecule has 0 aliphatic carbocycles. The van der Waals surface area contributed by atoms with E-state index in [1.165, 1.54) is 16.7 Å². The minimum absolute atomic E-state index is 0.756. The van der Waals surface area contributed by atoms with Gasteiger partial charge in [-0.05, 0) is 44.0 Å². The van der Waals surface area contributed by atoms with Gasteiger partial charge in [0.15, 0.2) is 0 Å². The largest absolute Gasteiger partial charge is 0.314 e. The lowest BCUT2D eigenvalue weighted by Gasteiger charge is -2.35. The molecule has 1 heterocycles. The van der Waals surface area contributed by atoms with Crippen molar-refractivity contribution < 1.29 is 0 Å². The molecule has 1 aromatic carbocycles. The van der Waals surface area contributed by atoms with Crippen LogP contribution in [0.4, 0.5) is 0 Å². The summed E-state index contributed by atoms with van der Waals surface area (Å²) >= 11 is 0. The number of nitrogens with zero attached hydrogens (tertiary/aromatic N) is 1. The van der Waals surface area contributed by atoms with E-state index >= 15 is 0 Å². The fourth-order valence-corrected chi connectivity index (χ4v) is 2.03. The summed E-state index contributed by atoms with van der Waals surface area (Å²) < 4.78 is 0. The standard InChI is InChI=1S/C14H22N2/c1-11-4-5-13(8-12(11)2)6-7-16(3)14-9-15-10-14/h4-5,8,14-15H,6-7,9-10H2,1-3H3. The SMILES string of the molecule is Cc1ccc(CCN(C)C2CNC2)cc1C. The van der Waals surface area contributed by atoms with Crippen LogP contribution in [0.1, 0.15) is 16.7 Å². The van der Waals surface area contributed by atoms with Crippen LogP contribution in [0.2, 0.25) is 0 Å². The number of nitrogens with one attached hydrogen (secondary N) is 1. The first-order valence-electron chi connectivity index (χ1n) is 6.14. The van der Waals surface area contributed by atoms with Crippen molar-refractivity contribution in [2.45, 2.75) is 26.3 Å². The maximum Gasteiger partial charge on any atom is 0.0342 e. The van der Waals surface area contributed by atoms with Gasteiger partial charge in [-0.15, -0.1) is 0 Å². The van der Waals surface area contributed by atoms with Crippen LogP contribution in [0.15, 0.2) is 18.2 Å². The Hall–Kier alpha value is -0.860. The van der Waals surface area contributed by atoms with E-state index in [-0.39, 0.29) is 0 Å². The number of aryl methyl sites for hydroxylation is 2. The van der Waals surface area contributed by atoms with Crippen LogP contribution >= 0.6 is 0 Å². The van der Waals surface area contributed by atoms with Gasteiger partial charge >= 0.3 is 0 Å². The molecular weight excluding hydrogens is 196 g/mol. The predicted octanol–water partition coefficient (Wildman–Crippen LogP) is 1.75. The van der Waals surface area contributed by atoms with Gasteiger partial charge in [0, 0.05) is 25.7 Å². The van der Waals surface area contributed by atoms with E-state index in [0.717, 1.165) is 32.1 Å². The van der Waals surface area contributed by atoms with Gasteiger partial charge in [0.2, 0.25) is 0 Å². The molecule has 0 atom stereocenters. The Morgan fingerprint density at radius 3 is 2.56 bits per heavy atom.